The molecule has 1 heterocycles. The number of nitrogens with two attached hydrogens (primary N) is 1. The second-order valence-corrected chi connectivity index (χ2v) is 5.39. The summed E-state index contributed by atoms with van der Waals surface area (Å²) in [6.07, 6.45) is 4.82. The Bertz CT molecular complexity index is 383. The predicted molar refractivity (Wildman–Crippen MR) is 77.7 cm³/mol. The molecule has 0 atom stereocenters. The molecule has 19 heavy (non-hydrogen) atoms. The maximum atomic E-state index is 12.1. The summed E-state index contributed by atoms with van der Waals surface area (Å²) >= 11 is 0. The van der Waals surface area contributed by atoms with Crippen LogP contribution in [0, 0.1) is 5.92 Å². The highest BCUT2D eigenvalue weighted by Gasteiger charge is 2.21. The molecule has 3 heteroatoms. The van der Waals surface area contributed by atoms with Gasteiger partial charge < -0.3 is 10.6 Å². The number of rotatable bonds is 5. The number of likely N-dealkylation sites (tertiary alicyclic amines) is 1. The zero-order valence-electron chi connectivity index (χ0n) is 11.6. The first-order chi connectivity index (χ1) is 9.29. The lowest BCUT2D eigenvalue weighted by Crippen LogP contribution is -2.38. The summed E-state index contributed by atoms with van der Waals surface area (Å²) < 4.78 is 0. The third kappa shape index (κ3) is 4.35. The topological polar surface area (TPSA) is 46.3 Å². The monoisotopic (exact) mass is 260 g/mol. The number of piperidine rings is 1. The van der Waals surface area contributed by atoms with E-state index >= 15 is 0 Å². The van der Waals surface area contributed by atoms with Gasteiger partial charge in [0.1, 0.15) is 0 Å². The van der Waals surface area contributed by atoms with E-state index in [1.165, 1.54) is 5.56 Å². The third-order valence-electron chi connectivity index (χ3n) is 4.01. The Kier molecular flexibility index (Phi) is 5.40. The van der Waals surface area contributed by atoms with Crippen LogP contribution in [-0.2, 0) is 11.2 Å². The van der Waals surface area contributed by atoms with E-state index < -0.39 is 0 Å². The van der Waals surface area contributed by atoms with E-state index in [1.807, 2.05) is 23.1 Å². The lowest BCUT2D eigenvalue weighted by atomic mass is 9.93. The summed E-state index contributed by atoms with van der Waals surface area (Å²) in [6, 6.07) is 10.2. The molecule has 0 radical (unpaired) electrons. The Labute approximate surface area is 115 Å². The first-order valence-electron chi connectivity index (χ1n) is 7.31. The number of hydrogen-bond donors (Lipinski definition) is 1. The molecular formula is C16H24N2O. The molecule has 0 spiro atoms. The van der Waals surface area contributed by atoms with Gasteiger partial charge in [-0.25, -0.2) is 0 Å². The van der Waals surface area contributed by atoms with Gasteiger partial charge in [-0.05, 0) is 43.7 Å². The molecule has 2 N–H and O–H groups in total. The van der Waals surface area contributed by atoms with E-state index in [9.17, 15) is 4.79 Å². The summed E-state index contributed by atoms with van der Waals surface area (Å²) in [4.78, 5) is 14.2. The number of carbonyl (C=O) groups excluding carboxylic acids is 1. The van der Waals surface area contributed by atoms with Crippen molar-refractivity contribution in [3.8, 4) is 0 Å². The van der Waals surface area contributed by atoms with Crippen molar-refractivity contribution in [3.05, 3.63) is 35.9 Å². The van der Waals surface area contributed by atoms with Crippen molar-refractivity contribution in [2.24, 2.45) is 11.7 Å². The van der Waals surface area contributed by atoms with Crippen LogP contribution in [0.3, 0.4) is 0 Å². The number of benzene rings is 1. The summed E-state index contributed by atoms with van der Waals surface area (Å²) in [5, 5.41) is 0. The van der Waals surface area contributed by atoms with E-state index in [0.717, 1.165) is 51.2 Å². The minimum Gasteiger partial charge on any atom is -0.343 e. The summed E-state index contributed by atoms with van der Waals surface area (Å²) in [5.41, 5.74) is 6.83. The molecule has 0 aromatic heterocycles. The van der Waals surface area contributed by atoms with Gasteiger partial charge in [0.2, 0.25) is 5.91 Å². The molecule has 1 aromatic rings. The molecule has 1 aromatic carbocycles. The van der Waals surface area contributed by atoms with E-state index in [4.69, 9.17) is 5.73 Å². The second kappa shape index (κ2) is 7.29. The van der Waals surface area contributed by atoms with Crippen LogP contribution in [0.4, 0.5) is 0 Å². The fraction of sp³-hybridized carbons (Fsp3) is 0.562. The van der Waals surface area contributed by atoms with Crippen molar-refractivity contribution in [3.63, 3.8) is 0 Å². The van der Waals surface area contributed by atoms with Crippen molar-refractivity contribution >= 4 is 5.91 Å². The molecule has 0 aliphatic carbocycles. The zero-order chi connectivity index (χ0) is 13.5. The van der Waals surface area contributed by atoms with Gasteiger partial charge in [-0.2, -0.15) is 0 Å². The summed E-state index contributed by atoms with van der Waals surface area (Å²) in [6.45, 7) is 2.60. The number of nitrogens with zero attached hydrogens (tertiary/aromatic N) is 1. The van der Waals surface area contributed by atoms with Crippen LogP contribution in [0.5, 0.6) is 0 Å². The van der Waals surface area contributed by atoms with E-state index in [0.29, 0.717) is 12.3 Å². The Morgan fingerprint density at radius 2 is 1.89 bits per heavy atom. The average Bonchev–Trinajstić information content (AvgIpc) is 2.47. The SMILES string of the molecule is NCCC1CCN(C(=O)CCc2ccccc2)CC1. The highest BCUT2D eigenvalue weighted by Crippen LogP contribution is 2.20. The zero-order valence-corrected chi connectivity index (χ0v) is 11.6. The van der Waals surface area contributed by atoms with Crippen LogP contribution in [0.25, 0.3) is 0 Å². The van der Waals surface area contributed by atoms with Gasteiger partial charge in [0.05, 0.1) is 0 Å². The van der Waals surface area contributed by atoms with Crippen molar-refractivity contribution in [2.75, 3.05) is 19.6 Å². The van der Waals surface area contributed by atoms with Gasteiger partial charge in [-0.15, -0.1) is 0 Å². The molecule has 1 fully saturated rings. The van der Waals surface area contributed by atoms with Crippen molar-refractivity contribution in [2.45, 2.75) is 32.1 Å². The van der Waals surface area contributed by atoms with Crippen molar-refractivity contribution < 1.29 is 4.79 Å². The minimum absolute atomic E-state index is 0.301. The largest absolute Gasteiger partial charge is 0.343 e. The van der Waals surface area contributed by atoms with Gasteiger partial charge in [0, 0.05) is 19.5 Å². The first kappa shape index (κ1) is 14.1. The Morgan fingerprint density at radius 1 is 1.21 bits per heavy atom. The van der Waals surface area contributed by atoms with Crippen LogP contribution in [0.1, 0.15) is 31.2 Å². The van der Waals surface area contributed by atoms with Crippen LogP contribution in [0.2, 0.25) is 0 Å². The molecule has 1 aliphatic heterocycles. The molecule has 0 bridgehead atoms. The van der Waals surface area contributed by atoms with Gasteiger partial charge in [-0.3, -0.25) is 4.79 Å². The van der Waals surface area contributed by atoms with E-state index in [2.05, 4.69) is 12.1 Å². The summed E-state index contributed by atoms with van der Waals surface area (Å²) in [7, 11) is 0. The van der Waals surface area contributed by atoms with Crippen LogP contribution in [0.15, 0.2) is 30.3 Å². The molecule has 104 valence electrons. The molecule has 0 saturated carbocycles. The van der Waals surface area contributed by atoms with E-state index in [1.54, 1.807) is 0 Å². The Hall–Kier alpha value is -1.35. The smallest absolute Gasteiger partial charge is 0.222 e. The van der Waals surface area contributed by atoms with Crippen LogP contribution in [-0.4, -0.2) is 30.4 Å². The van der Waals surface area contributed by atoms with Crippen LogP contribution < -0.4 is 5.73 Å². The van der Waals surface area contributed by atoms with Crippen LogP contribution >= 0.6 is 0 Å². The van der Waals surface area contributed by atoms with Gasteiger partial charge >= 0.3 is 0 Å². The number of carbonyl (C=O) groups is 1. The number of amides is 1. The second-order valence-electron chi connectivity index (χ2n) is 5.39. The molecule has 0 unspecified atom stereocenters. The number of aryl methyl sites for hydroxylation is 1. The lowest BCUT2D eigenvalue weighted by Gasteiger charge is -2.32. The maximum absolute atomic E-state index is 12.1. The standard InChI is InChI=1S/C16H24N2O/c17-11-8-15-9-12-18(13-10-15)16(19)7-6-14-4-2-1-3-5-14/h1-5,15H,6-13,17H2. The Balaban J connectivity index is 1.73. The molecule has 1 saturated heterocycles. The Morgan fingerprint density at radius 3 is 2.53 bits per heavy atom. The predicted octanol–water partition coefficient (Wildman–Crippen LogP) is 2.21. The summed E-state index contributed by atoms with van der Waals surface area (Å²) in [5.74, 6) is 1.03. The third-order valence-corrected chi connectivity index (χ3v) is 4.01. The molecule has 2 rings (SSSR count). The van der Waals surface area contributed by atoms with Crippen molar-refractivity contribution in [1.82, 2.24) is 4.90 Å². The quantitative estimate of drug-likeness (QED) is 0.882. The average molecular weight is 260 g/mol. The number of hydrogen-bond acceptors (Lipinski definition) is 2. The molecule has 1 aliphatic rings. The lowest BCUT2D eigenvalue weighted by molar-refractivity contribution is -0.132. The highest BCUT2D eigenvalue weighted by atomic mass is 16.2. The highest BCUT2D eigenvalue weighted by molar-refractivity contribution is 5.76. The fourth-order valence-electron chi connectivity index (χ4n) is 2.76. The minimum atomic E-state index is 0.301. The first-order valence-corrected chi connectivity index (χ1v) is 7.31. The van der Waals surface area contributed by atoms with E-state index in [-0.39, 0.29) is 0 Å². The molecule has 1 amide bonds. The van der Waals surface area contributed by atoms with Crippen molar-refractivity contribution in [1.29, 1.82) is 0 Å². The van der Waals surface area contributed by atoms with Gasteiger partial charge in [-0.1, -0.05) is 30.3 Å². The molecular weight excluding hydrogens is 236 g/mol. The fourth-order valence-corrected chi connectivity index (χ4v) is 2.76. The molecule has 3 nitrogen and oxygen atoms in total. The normalized spacial score (nSPS) is 16.6. The van der Waals surface area contributed by atoms with Gasteiger partial charge in [0.15, 0.2) is 0 Å². The van der Waals surface area contributed by atoms with Gasteiger partial charge in [0.25, 0.3) is 0 Å². The maximum Gasteiger partial charge on any atom is 0.222 e.